The van der Waals surface area contributed by atoms with Gasteiger partial charge in [-0.05, 0) is 37.5 Å². The topological polar surface area (TPSA) is 100.0 Å². The van der Waals surface area contributed by atoms with E-state index in [0.29, 0.717) is 12.0 Å². The largest absolute Gasteiger partial charge is 0.490 e. The molecule has 2 atom stereocenters. The van der Waals surface area contributed by atoms with Crippen LogP contribution in [0, 0.1) is 12.8 Å². The monoisotopic (exact) mass is 538 g/mol. The summed E-state index contributed by atoms with van der Waals surface area (Å²) in [5, 5.41) is 14.2. The molecule has 206 valence electrons. The average molecular weight is 538 g/mol. The minimum absolute atomic E-state index is 0.357. The molecule has 0 radical (unpaired) electrons. The molecule has 7 nitrogen and oxygen atoms in total. The van der Waals surface area contributed by atoms with Crippen molar-refractivity contribution in [2.24, 2.45) is 5.92 Å². The zero-order valence-electron chi connectivity index (χ0n) is 20.1. The zero-order chi connectivity index (χ0) is 28.2. The molecule has 0 amide bonds. The van der Waals surface area contributed by atoms with Crippen LogP contribution in [0.25, 0.3) is 0 Å². The van der Waals surface area contributed by atoms with Gasteiger partial charge in [0.15, 0.2) is 0 Å². The summed E-state index contributed by atoms with van der Waals surface area (Å²) in [5.41, 5.74) is 3.90. The second kappa shape index (κ2) is 14.5. The Hall–Kier alpha value is -3.19. The molecule has 1 fully saturated rings. The van der Waals surface area contributed by atoms with Crippen LogP contribution in [0.2, 0.25) is 0 Å². The number of piperidine rings is 1. The van der Waals surface area contributed by atoms with Crippen LogP contribution >= 0.6 is 0 Å². The van der Waals surface area contributed by atoms with Gasteiger partial charge in [-0.3, -0.25) is 9.88 Å². The molecule has 0 aliphatic carbocycles. The van der Waals surface area contributed by atoms with Crippen LogP contribution in [-0.4, -0.2) is 70.7 Å². The van der Waals surface area contributed by atoms with E-state index in [1.807, 2.05) is 19.4 Å². The number of ether oxygens (including phenoxy) is 1. The summed E-state index contributed by atoms with van der Waals surface area (Å²) in [4.78, 5) is 24.8. The number of aryl methyl sites for hydroxylation is 1. The van der Waals surface area contributed by atoms with Gasteiger partial charge in [-0.15, -0.1) is 0 Å². The Morgan fingerprint density at radius 1 is 1.03 bits per heavy atom. The van der Waals surface area contributed by atoms with Crippen molar-refractivity contribution in [2.45, 2.75) is 44.8 Å². The Kier molecular flexibility index (Phi) is 12.5. The van der Waals surface area contributed by atoms with Crippen molar-refractivity contribution in [3.63, 3.8) is 0 Å². The fraction of sp³-hybridized carbons (Fsp3) is 0.458. The standard InChI is InChI=1S/C20H26N2O.2C2HF3O2/c1-16-6-5-7-17(12-16)13-18-14-22(11-9-20(18)23-2)15-19-8-3-4-10-21-19;2*3-2(4,5)1(6)7/h3-8,10,12,18,20H,9,11,13-15H2,1-2H3;2*(H,6,7)/t18-,20-;;/m0../s1. The molecule has 1 aromatic carbocycles. The number of aromatic nitrogens is 1. The van der Waals surface area contributed by atoms with Gasteiger partial charge >= 0.3 is 24.3 Å². The molecule has 0 saturated carbocycles. The van der Waals surface area contributed by atoms with Crippen molar-refractivity contribution < 1.29 is 50.9 Å². The van der Waals surface area contributed by atoms with Gasteiger partial charge in [-0.2, -0.15) is 26.3 Å². The number of halogens is 6. The molecular formula is C24H28F6N2O5. The molecule has 0 spiro atoms. The van der Waals surface area contributed by atoms with Crippen LogP contribution in [0.5, 0.6) is 0 Å². The number of aliphatic carboxylic acids is 2. The third-order valence-electron chi connectivity index (χ3n) is 5.23. The maximum Gasteiger partial charge on any atom is 0.490 e. The summed E-state index contributed by atoms with van der Waals surface area (Å²) in [6.07, 6.45) is -5.75. The van der Waals surface area contributed by atoms with E-state index >= 15 is 0 Å². The van der Waals surface area contributed by atoms with Crippen LogP contribution < -0.4 is 0 Å². The summed E-state index contributed by atoms with van der Waals surface area (Å²) in [7, 11) is 1.85. The SMILES string of the molecule is CO[C@H]1CCN(Cc2ccccn2)C[C@@H]1Cc1cccc(C)c1.O=C(O)C(F)(F)F.O=C(O)C(F)(F)F. The summed E-state index contributed by atoms with van der Waals surface area (Å²) >= 11 is 0. The van der Waals surface area contributed by atoms with Crippen molar-refractivity contribution in [1.82, 2.24) is 9.88 Å². The molecule has 2 heterocycles. The fourth-order valence-corrected chi connectivity index (χ4v) is 3.60. The van der Waals surface area contributed by atoms with Gasteiger partial charge in [0.1, 0.15) is 0 Å². The molecule has 0 bridgehead atoms. The van der Waals surface area contributed by atoms with Crippen molar-refractivity contribution in [3.8, 4) is 0 Å². The van der Waals surface area contributed by atoms with E-state index in [1.54, 1.807) is 0 Å². The lowest BCUT2D eigenvalue weighted by Crippen LogP contribution is -2.44. The van der Waals surface area contributed by atoms with Crippen molar-refractivity contribution in [3.05, 3.63) is 65.5 Å². The van der Waals surface area contributed by atoms with Crippen molar-refractivity contribution in [1.29, 1.82) is 0 Å². The van der Waals surface area contributed by atoms with E-state index in [2.05, 4.69) is 53.2 Å². The minimum Gasteiger partial charge on any atom is -0.475 e. The molecule has 1 aliphatic heterocycles. The first-order valence-electron chi connectivity index (χ1n) is 10.9. The number of likely N-dealkylation sites (tertiary alicyclic amines) is 1. The number of benzene rings is 1. The third-order valence-corrected chi connectivity index (χ3v) is 5.23. The Morgan fingerprint density at radius 3 is 2.08 bits per heavy atom. The summed E-state index contributed by atoms with van der Waals surface area (Å²) < 4.78 is 69.2. The lowest BCUT2D eigenvalue weighted by Gasteiger charge is -2.38. The Labute approximate surface area is 209 Å². The predicted octanol–water partition coefficient (Wildman–Crippen LogP) is 4.74. The third kappa shape index (κ3) is 12.6. The summed E-state index contributed by atoms with van der Waals surface area (Å²) in [6.45, 7) is 5.25. The first kappa shape index (κ1) is 31.8. The van der Waals surface area contributed by atoms with E-state index in [-0.39, 0.29) is 0 Å². The number of hydrogen-bond donors (Lipinski definition) is 2. The molecule has 2 aromatic rings. The quantitative estimate of drug-likeness (QED) is 0.531. The van der Waals surface area contributed by atoms with Crippen molar-refractivity contribution in [2.75, 3.05) is 20.2 Å². The van der Waals surface area contributed by atoms with E-state index in [1.165, 1.54) is 11.1 Å². The first-order valence-corrected chi connectivity index (χ1v) is 10.9. The molecule has 3 rings (SSSR count). The molecule has 2 N–H and O–H groups in total. The van der Waals surface area contributed by atoms with Crippen molar-refractivity contribution >= 4 is 11.9 Å². The number of carbonyl (C=O) groups is 2. The lowest BCUT2D eigenvalue weighted by atomic mass is 9.88. The second-order valence-electron chi connectivity index (χ2n) is 8.18. The highest BCUT2D eigenvalue weighted by Gasteiger charge is 2.38. The molecule has 37 heavy (non-hydrogen) atoms. The van der Waals surface area contributed by atoms with Crippen LogP contribution in [0.1, 0.15) is 23.2 Å². The number of nitrogens with zero attached hydrogens (tertiary/aromatic N) is 2. The van der Waals surface area contributed by atoms with Gasteiger partial charge in [0.2, 0.25) is 0 Å². The second-order valence-corrected chi connectivity index (χ2v) is 8.18. The smallest absolute Gasteiger partial charge is 0.475 e. The first-order chi connectivity index (χ1) is 17.1. The van der Waals surface area contributed by atoms with Gasteiger partial charge in [0.25, 0.3) is 0 Å². The highest BCUT2D eigenvalue weighted by Crippen LogP contribution is 2.25. The number of alkyl halides is 6. The molecular weight excluding hydrogens is 510 g/mol. The Morgan fingerprint density at radius 2 is 1.62 bits per heavy atom. The Balaban J connectivity index is 0.000000404. The summed E-state index contributed by atoms with van der Waals surface area (Å²) in [6, 6.07) is 15.0. The van der Waals surface area contributed by atoms with Gasteiger partial charge < -0.3 is 14.9 Å². The number of hydrogen-bond acceptors (Lipinski definition) is 5. The van der Waals surface area contributed by atoms with E-state index in [9.17, 15) is 26.3 Å². The van der Waals surface area contributed by atoms with Gasteiger partial charge in [0, 0.05) is 38.9 Å². The zero-order valence-corrected chi connectivity index (χ0v) is 20.1. The number of rotatable bonds is 5. The molecule has 1 aliphatic rings. The normalized spacial score (nSPS) is 18.1. The maximum absolute atomic E-state index is 10.6. The molecule has 13 heteroatoms. The van der Waals surface area contributed by atoms with Gasteiger partial charge in [0.05, 0.1) is 11.8 Å². The van der Waals surface area contributed by atoms with E-state index in [4.69, 9.17) is 24.5 Å². The van der Waals surface area contributed by atoms with E-state index < -0.39 is 24.3 Å². The lowest BCUT2D eigenvalue weighted by molar-refractivity contribution is -0.193. The number of carboxylic acids is 2. The van der Waals surface area contributed by atoms with Crippen LogP contribution in [0.3, 0.4) is 0 Å². The average Bonchev–Trinajstić information content (AvgIpc) is 2.80. The predicted molar refractivity (Wildman–Crippen MR) is 121 cm³/mol. The maximum atomic E-state index is 10.6. The molecule has 0 unspecified atom stereocenters. The molecule has 1 aromatic heterocycles. The Bertz CT molecular complexity index is 962. The summed E-state index contributed by atoms with van der Waals surface area (Å²) in [5.74, 6) is -4.97. The number of carboxylic acid groups (broad SMARTS) is 2. The number of pyridine rings is 1. The van der Waals surface area contributed by atoms with Crippen LogP contribution in [0.4, 0.5) is 26.3 Å². The molecule has 1 saturated heterocycles. The fourth-order valence-electron chi connectivity index (χ4n) is 3.60. The highest BCUT2D eigenvalue weighted by atomic mass is 19.4. The van der Waals surface area contributed by atoms with Gasteiger partial charge in [-0.25, -0.2) is 9.59 Å². The van der Waals surface area contributed by atoms with Gasteiger partial charge in [-0.1, -0.05) is 35.9 Å². The van der Waals surface area contributed by atoms with E-state index in [0.717, 1.165) is 38.2 Å². The minimum atomic E-state index is -5.08. The highest BCUT2D eigenvalue weighted by molar-refractivity contribution is 5.73. The van der Waals surface area contributed by atoms with Crippen LogP contribution in [-0.2, 0) is 27.3 Å². The van der Waals surface area contributed by atoms with Crippen LogP contribution in [0.15, 0.2) is 48.7 Å². The number of methoxy groups -OCH3 is 1.